The Hall–Kier alpha value is -1.35. The van der Waals surface area contributed by atoms with Crippen molar-refractivity contribution in [2.24, 2.45) is 17.6 Å². The maximum absolute atomic E-state index is 12.1. The first-order chi connectivity index (χ1) is 8.44. The molecule has 18 heavy (non-hydrogen) atoms. The number of rotatable bonds is 3. The molecule has 3 unspecified atom stereocenters. The van der Waals surface area contributed by atoms with Gasteiger partial charge in [0.25, 0.3) is 0 Å². The molecule has 2 N–H and O–H groups in total. The smallest absolute Gasteiger partial charge is 0.310 e. The predicted molar refractivity (Wildman–Crippen MR) is 71.1 cm³/mol. The first kappa shape index (κ1) is 13.1. The summed E-state index contributed by atoms with van der Waals surface area (Å²) in [5.41, 5.74) is 6.50. The highest BCUT2D eigenvalue weighted by Gasteiger charge is 2.55. The van der Waals surface area contributed by atoms with Crippen LogP contribution in [0.3, 0.4) is 0 Å². The van der Waals surface area contributed by atoms with Crippen molar-refractivity contribution in [3.05, 3.63) is 35.9 Å². The molecule has 3 nitrogen and oxygen atoms in total. The van der Waals surface area contributed by atoms with Crippen LogP contribution in [0.2, 0.25) is 0 Å². The molecule has 1 saturated carbocycles. The maximum Gasteiger partial charge on any atom is 0.310 e. The van der Waals surface area contributed by atoms with Crippen molar-refractivity contribution in [2.45, 2.75) is 32.3 Å². The van der Waals surface area contributed by atoms with Gasteiger partial charge in [-0.15, -0.1) is 0 Å². The molecule has 1 aliphatic rings. The zero-order chi connectivity index (χ0) is 13.3. The second-order valence-corrected chi connectivity index (χ2v) is 5.90. The second-order valence-electron chi connectivity index (χ2n) is 5.90. The van der Waals surface area contributed by atoms with Gasteiger partial charge >= 0.3 is 5.97 Å². The number of nitrogens with two attached hydrogens (primary N) is 1. The van der Waals surface area contributed by atoms with Gasteiger partial charge in [-0.25, -0.2) is 0 Å². The number of carbonyl (C=O) groups excluding carboxylic acids is 1. The lowest BCUT2D eigenvalue weighted by atomic mass is 10.1. The lowest BCUT2D eigenvalue weighted by molar-refractivity contribution is -0.156. The molecule has 0 bridgehead atoms. The highest BCUT2D eigenvalue weighted by molar-refractivity contribution is 5.78. The number of ether oxygens (including phenoxy) is 1. The van der Waals surface area contributed by atoms with Gasteiger partial charge in [0.2, 0.25) is 0 Å². The van der Waals surface area contributed by atoms with Gasteiger partial charge in [-0.3, -0.25) is 4.79 Å². The first-order valence-corrected chi connectivity index (χ1v) is 6.42. The Morgan fingerprint density at radius 2 is 1.89 bits per heavy atom. The van der Waals surface area contributed by atoms with Gasteiger partial charge in [-0.1, -0.05) is 30.3 Å². The predicted octanol–water partition coefficient (Wildman–Crippen LogP) is 2.32. The summed E-state index contributed by atoms with van der Waals surface area (Å²) < 4.78 is 5.45. The maximum atomic E-state index is 12.1. The topological polar surface area (TPSA) is 52.3 Å². The largest absolute Gasteiger partial charge is 0.460 e. The third-order valence-electron chi connectivity index (χ3n) is 3.30. The Balaban J connectivity index is 2.09. The molecule has 1 aromatic carbocycles. The van der Waals surface area contributed by atoms with Crippen LogP contribution in [0, 0.1) is 11.8 Å². The summed E-state index contributed by atoms with van der Waals surface area (Å²) in [5, 5.41) is 0. The standard InChI is InChI=1S/C15H21NO2/c1-15(2,3)18-14(17)13-11(9-16)12(13)10-7-5-4-6-8-10/h4-8,11-13H,9,16H2,1-3H3. The summed E-state index contributed by atoms with van der Waals surface area (Å²) in [7, 11) is 0. The number of benzene rings is 1. The highest BCUT2D eigenvalue weighted by atomic mass is 16.6. The Labute approximate surface area is 108 Å². The van der Waals surface area contributed by atoms with Crippen LogP contribution >= 0.6 is 0 Å². The Morgan fingerprint density at radius 1 is 1.28 bits per heavy atom. The number of hydrogen-bond donors (Lipinski definition) is 1. The van der Waals surface area contributed by atoms with Crippen LogP contribution in [0.5, 0.6) is 0 Å². The Bertz CT molecular complexity index is 422. The summed E-state index contributed by atoms with van der Waals surface area (Å²) in [6.07, 6.45) is 0. The van der Waals surface area contributed by atoms with E-state index in [-0.39, 0.29) is 23.7 Å². The first-order valence-electron chi connectivity index (χ1n) is 6.42. The molecular formula is C15H21NO2. The van der Waals surface area contributed by atoms with Crippen molar-refractivity contribution in [1.29, 1.82) is 0 Å². The number of hydrogen-bond acceptors (Lipinski definition) is 3. The van der Waals surface area contributed by atoms with Crippen molar-refractivity contribution in [1.82, 2.24) is 0 Å². The lowest BCUT2D eigenvalue weighted by Crippen LogP contribution is -2.25. The van der Waals surface area contributed by atoms with Gasteiger partial charge in [-0.05, 0) is 38.8 Å². The van der Waals surface area contributed by atoms with Crippen molar-refractivity contribution in [2.75, 3.05) is 6.54 Å². The van der Waals surface area contributed by atoms with Crippen LogP contribution in [-0.4, -0.2) is 18.1 Å². The molecule has 0 radical (unpaired) electrons. The normalized spacial score (nSPS) is 26.8. The molecular weight excluding hydrogens is 226 g/mol. The molecule has 3 atom stereocenters. The summed E-state index contributed by atoms with van der Waals surface area (Å²) in [6, 6.07) is 10.1. The van der Waals surface area contributed by atoms with Gasteiger partial charge in [0, 0.05) is 5.92 Å². The van der Waals surface area contributed by atoms with Crippen LogP contribution in [0.15, 0.2) is 30.3 Å². The highest BCUT2D eigenvalue weighted by Crippen LogP contribution is 2.54. The van der Waals surface area contributed by atoms with Crippen LogP contribution in [0.4, 0.5) is 0 Å². The van der Waals surface area contributed by atoms with Crippen LogP contribution < -0.4 is 5.73 Å². The van der Waals surface area contributed by atoms with E-state index in [4.69, 9.17) is 10.5 Å². The minimum Gasteiger partial charge on any atom is -0.460 e. The third kappa shape index (κ3) is 2.72. The van der Waals surface area contributed by atoms with Crippen LogP contribution in [0.1, 0.15) is 32.3 Å². The van der Waals surface area contributed by atoms with E-state index in [9.17, 15) is 4.79 Å². The van der Waals surface area contributed by atoms with Crippen LogP contribution in [-0.2, 0) is 9.53 Å². The fraction of sp³-hybridized carbons (Fsp3) is 0.533. The Kier molecular flexibility index (Phi) is 3.44. The third-order valence-corrected chi connectivity index (χ3v) is 3.30. The molecule has 0 heterocycles. The van der Waals surface area contributed by atoms with E-state index in [1.807, 2.05) is 39.0 Å². The fourth-order valence-electron chi connectivity index (χ4n) is 2.49. The van der Waals surface area contributed by atoms with E-state index in [1.54, 1.807) is 0 Å². The van der Waals surface area contributed by atoms with E-state index in [0.29, 0.717) is 6.54 Å². The number of carbonyl (C=O) groups is 1. The molecule has 1 fully saturated rings. The summed E-state index contributed by atoms with van der Waals surface area (Å²) in [5.74, 6) is 0.261. The molecule has 0 amide bonds. The van der Waals surface area contributed by atoms with Crippen LogP contribution in [0.25, 0.3) is 0 Å². The SMILES string of the molecule is CC(C)(C)OC(=O)C1C(CN)C1c1ccccc1. The molecule has 98 valence electrons. The van der Waals surface area contributed by atoms with Crippen molar-refractivity contribution >= 4 is 5.97 Å². The lowest BCUT2D eigenvalue weighted by Gasteiger charge is -2.19. The van der Waals surface area contributed by atoms with Gasteiger partial charge in [0.05, 0.1) is 5.92 Å². The molecule has 0 aromatic heterocycles. The van der Waals surface area contributed by atoms with E-state index >= 15 is 0 Å². The van der Waals surface area contributed by atoms with Crippen molar-refractivity contribution < 1.29 is 9.53 Å². The van der Waals surface area contributed by atoms with E-state index in [2.05, 4.69) is 12.1 Å². The molecule has 3 heteroatoms. The van der Waals surface area contributed by atoms with Gasteiger partial charge in [-0.2, -0.15) is 0 Å². The molecule has 1 aliphatic carbocycles. The molecule has 0 aliphatic heterocycles. The van der Waals surface area contributed by atoms with Gasteiger partial charge in [0.1, 0.15) is 5.60 Å². The van der Waals surface area contributed by atoms with Gasteiger partial charge in [0.15, 0.2) is 0 Å². The minimum atomic E-state index is -0.430. The molecule has 2 rings (SSSR count). The van der Waals surface area contributed by atoms with Gasteiger partial charge < -0.3 is 10.5 Å². The zero-order valence-corrected chi connectivity index (χ0v) is 11.2. The summed E-state index contributed by atoms with van der Waals surface area (Å²) in [6.45, 7) is 6.20. The zero-order valence-electron chi connectivity index (χ0n) is 11.2. The second kappa shape index (κ2) is 4.73. The molecule has 0 saturated heterocycles. The summed E-state index contributed by atoms with van der Waals surface area (Å²) >= 11 is 0. The monoisotopic (exact) mass is 247 g/mol. The van der Waals surface area contributed by atoms with Crippen molar-refractivity contribution in [3.63, 3.8) is 0 Å². The Morgan fingerprint density at radius 3 is 2.39 bits per heavy atom. The number of esters is 1. The average molecular weight is 247 g/mol. The minimum absolute atomic E-state index is 0.0726. The van der Waals surface area contributed by atoms with E-state index in [1.165, 1.54) is 5.56 Å². The quantitative estimate of drug-likeness (QED) is 0.834. The average Bonchev–Trinajstić information content (AvgIpc) is 3.02. The van der Waals surface area contributed by atoms with E-state index < -0.39 is 5.60 Å². The summed E-state index contributed by atoms with van der Waals surface area (Å²) in [4.78, 5) is 12.1. The molecule has 0 spiro atoms. The fourth-order valence-corrected chi connectivity index (χ4v) is 2.49. The van der Waals surface area contributed by atoms with E-state index in [0.717, 1.165) is 0 Å². The molecule has 1 aromatic rings. The van der Waals surface area contributed by atoms with Crippen molar-refractivity contribution in [3.8, 4) is 0 Å².